The molecule has 0 aromatic heterocycles. The number of Topliss-reactive ketones (excluding diaryl/α,β-unsaturated/α-hetero) is 1. The Kier molecular flexibility index (Phi) is 6.23. The fourth-order valence-electron chi connectivity index (χ4n) is 3.48. The number of likely N-dealkylation sites (tertiary alicyclic amines) is 1. The second kappa shape index (κ2) is 9.06. The summed E-state index contributed by atoms with van der Waals surface area (Å²) in [6.45, 7) is 2.70. The Morgan fingerprint density at radius 1 is 1.13 bits per heavy atom. The molecule has 2 aromatic carbocycles. The van der Waals surface area contributed by atoms with Gasteiger partial charge < -0.3 is 9.64 Å². The van der Waals surface area contributed by atoms with E-state index >= 15 is 0 Å². The molecule has 4 rings (SSSR count). The minimum atomic E-state index is -0.0485. The number of benzene rings is 2. The van der Waals surface area contributed by atoms with Crippen LogP contribution in [0.4, 0.5) is 0 Å². The Morgan fingerprint density at radius 2 is 1.84 bits per heavy atom. The average Bonchev–Trinajstić information content (AvgIpc) is 3.53. The van der Waals surface area contributed by atoms with Crippen LogP contribution in [0.3, 0.4) is 0 Å². The summed E-state index contributed by atoms with van der Waals surface area (Å²) in [5, 5.41) is 17.2. The summed E-state index contributed by atoms with van der Waals surface area (Å²) >= 11 is 1.21. The summed E-state index contributed by atoms with van der Waals surface area (Å²) in [5.74, 6) is 1.57. The number of hydrogen-bond donors (Lipinski definition) is 2. The van der Waals surface area contributed by atoms with Crippen molar-refractivity contribution in [2.45, 2.75) is 39.2 Å². The lowest BCUT2D eigenvalue weighted by atomic mass is 10.1. The Balaban J connectivity index is 1.50. The summed E-state index contributed by atoms with van der Waals surface area (Å²) in [6, 6.07) is 12.5. The van der Waals surface area contributed by atoms with Crippen LogP contribution in [-0.4, -0.2) is 33.2 Å². The van der Waals surface area contributed by atoms with Crippen molar-refractivity contribution in [3.05, 3.63) is 59.2 Å². The molecule has 6 nitrogen and oxygen atoms in total. The quantitative estimate of drug-likeness (QED) is 0.353. The molecule has 2 aliphatic rings. The first kappa shape index (κ1) is 21.3. The number of carbonyl (C=O) groups is 2. The first-order valence-corrected chi connectivity index (χ1v) is 11.3. The number of hydrogen-bond acceptors (Lipinski definition) is 6. The van der Waals surface area contributed by atoms with Crippen molar-refractivity contribution < 1.29 is 14.3 Å². The van der Waals surface area contributed by atoms with E-state index in [4.69, 9.17) is 15.6 Å². The maximum atomic E-state index is 12.0. The van der Waals surface area contributed by atoms with Crippen LogP contribution in [0.5, 0.6) is 11.5 Å². The highest BCUT2D eigenvalue weighted by molar-refractivity contribution is 8.26. The first-order chi connectivity index (χ1) is 14.9. The molecule has 160 valence electrons. The van der Waals surface area contributed by atoms with Crippen LogP contribution in [0.2, 0.25) is 0 Å². The van der Waals surface area contributed by atoms with Crippen LogP contribution < -0.4 is 4.74 Å². The van der Waals surface area contributed by atoms with Crippen molar-refractivity contribution in [1.29, 1.82) is 10.8 Å². The van der Waals surface area contributed by atoms with E-state index < -0.39 is 0 Å². The topological polar surface area (TPSA) is 94.3 Å². The molecule has 1 aliphatic heterocycles. The molecule has 31 heavy (non-hydrogen) atoms. The predicted octanol–water partition coefficient (Wildman–Crippen LogP) is 5.25. The second-order valence-corrected chi connectivity index (χ2v) is 9.05. The van der Waals surface area contributed by atoms with Gasteiger partial charge in [-0.3, -0.25) is 20.4 Å². The van der Waals surface area contributed by atoms with E-state index in [2.05, 4.69) is 0 Å². The Hall–Kier alpha value is -2.93. The minimum Gasteiger partial charge on any atom is -0.457 e. The van der Waals surface area contributed by atoms with Crippen molar-refractivity contribution in [2.24, 2.45) is 5.92 Å². The molecule has 1 saturated heterocycles. The third kappa shape index (κ3) is 5.22. The molecule has 0 radical (unpaired) electrons. The van der Waals surface area contributed by atoms with Gasteiger partial charge in [0.1, 0.15) is 16.5 Å². The molecule has 1 amide bonds. The van der Waals surface area contributed by atoms with Gasteiger partial charge in [0.05, 0.1) is 5.04 Å². The minimum absolute atomic E-state index is 0.0485. The van der Waals surface area contributed by atoms with Crippen LogP contribution in [0, 0.1) is 16.7 Å². The molecular formula is C24H25N3O3S. The van der Waals surface area contributed by atoms with Gasteiger partial charge in [-0.2, -0.15) is 0 Å². The van der Waals surface area contributed by atoms with Crippen molar-refractivity contribution in [3.63, 3.8) is 0 Å². The van der Waals surface area contributed by atoms with Gasteiger partial charge in [-0.15, -0.1) is 0 Å². The monoisotopic (exact) mass is 435 g/mol. The number of rotatable bonds is 7. The standard InChI is InChI=1S/C24H25N3O3S/c1-15(28)18-6-7-19(14-27-12-2-3-22(27)29)21(13-18)30-20-10-8-17(9-11-20)24(26)31-23(25)16-4-5-16/h6-11,13,16,25-26H,2-5,12,14H2,1H3. The van der Waals surface area contributed by atoms with Gasteiger partial charge in [-0.05, 0) is 56.5 Å². The average molecular weight is 436 g/mol. The smallest absolute Gasteiger partial charge is 0.222 e. The molecule has 2 N–H and O–H groups in total. The van der Waals surface area contributed by atoms with Gasteiger partial charge in [-0.25, -0.2) is 0 Å². The van der Waals surface area contributed by atoms with E-state index in [1.807, 2.05) is 23.1 Å². The number of ether oxygens (including phenoxy) is 1. The van der Waals surface area contributed by atoms with Crippen molar-refractivity contribution >= 4 is 33.5 Å². The van der Waals surface area contributed by atoms with Gasteiger partial charge in [0, 0.05) is 42.1 Å². The number of amides is 1. The van der Waals surface area contributed by atoms with Crippen molar-refractivity contribution in [3.8, 4) is 11.5 Å². The largest absolute Gasteiger partial charge is 0.457 e. The zero-order chi connectivity index (χ0) is 22.0. The predicted molar refractivity (Wildman–Crippen MR) is 122 cm³/mol. The summed E-state index contributed by atoms with van der Waals surface area (Å²) in [5.41, 5.74) is 2.15. The van der Waals surface area contributed by atoms with Crippen LogP contribution in [0.15, 0.2) is 42.5 Å². The van der Waals surface area contributed by atoms with Crippen LogP contribution in [0.25, 0.3) is 0 Å². The van der Waals surface area contributed by atoms with E-state index in [9.17, 15) is 9.59 Å². The lowest BCUT2D eigenvalue weighted by Gasteiger charge is -2.19. The van der Waals surface area contributed by atoms with Crippen LogP contribution in [-0.2, 0) is 11.3 Å². The normalized spacial score (nSPS) is 15.8. The fraction of sp³-hybridized carbons (Fsp3) is 0.333. The van der Waals surface area contributed by atoms with Gasteiger partial charge >= 0.3 is 0 Å². The highest BCUT2D eigenvalue weighted by atomic mass is 32.2. The molecule has 1 saturated carbocycles. The molecule has 0 atom stereocenters. The molecule has 2 fully saturated rings. The molecule has 0 bridgehead atoms. The maximum Gasteiger partial charge on any atom is 0.222 e. The second-order valence-electron chi connectivity index (χ2n) is 7.99. The van der Waals surface area contributed by atoms with E-state index in [1.165, 1.54) is 18.7 Å². The number of nitrogens with zero attached hydrogens (tertiary/aromatic N) is 1. The SMILES string of the molecule is CC(=O)c1ccc(CN2CCCC2=O)c(Oc2ccc(C(=N)SC(=N)C3CC3)cc2)c1. The Bertz CT molecular complexity index is 1040. The number of carbonyl (C=O) groups excluding carboxylic acids is 2. The highest BCUT2D eigenvalue weighted by Crippen LogP contribution is 2.35. The Labute approximate surface area is 186 Å². The lowest BCUT2D eigenvalue weighted by Crippen LogP contribution is -2.24. The molecule has 7 heteroatoms. The van der Waals surface area contributed by atoms with Gasteiger partial charge in [0.2, 0.25) is 5.91 Å². The van der Waals surface area contributed by atoms with Gasteiger partial charge in [0.25, 0.3) is 0 Å². The van der Waals surface area contributed by atoms with Crippen LogP contribution >= 0.6 is 11.8 Å². The summed E-state index contributed by atoms with van der Waals surface area (Å²) in [4.78, 5) is 25.7. The molecule has 2 aromatic rings. The van der Waals surface area contributed by atoms with E-state index in [0.717, 1.165) is 36.9 Å². The van der Waals surface area contributed by atoms with Gasteiger partial charge in [0.15, 0.2) is 5.78 Å². The first-order valence-electron chi connectivity index (χ1n) is 10.5. The van der Waals surface area contributed by atoms with Crippen LogP contribution in [0.1, 0.15) is 54.1 Å². The Morgan fingerprint density at radius 3 is 2.45 bits per heavy atom. The lowest BCUT2D eigenvalue weighted by molar-refractivity contribution is -0.128. The van der Waals surface area contributed by atoms with E-state index in [0.29, 0.717) is 46.0 Å². The van der Waals surface area contributed by atoms with Crippen molar-refractivity contribution in [2.75, 3.05) is 6.54 Å². The molecule has 1 aliphatic carbocycles. The number of thioether (sulfide) groups is 1. The van der Waals surface area contributed by atoms with E-state index in [-0.39, 0.29) is 11.7 Å². The van der Waals surface area contributed by atoms with E-state index in [1.54, 1.807) is 24.3 Å². The summed E-state index contributed by atoms with van der Waals surface area (Å²) in [7, 11) is 0. The molecule has 1 heterocycles. The molecule has 0 spiro atoms. The number of nitrogens with one attached hydrogen (secondary N) is 2. The van der Waals surface area contributed by atoms with Crippen molar-refractivity contribution in [1.82, 2.24) is 4.90 Å². The zero-order valence-electron chi connectivity index (χ0n) is 17.4. The summed E-state index contributed by atoms with van der Waals surface area (Å²) < 4.78 is 6.10. The zero-order valence-corrected chi connectivity index (χ0v) is 18.3. The fourth-order valence-corrected chi connectivity index (χ4v) is 4.35. The van der Waals surface area contributed by atoms with Gasteiger partial charge in [-0.1, -0.05) is 23.9 Å². The maximum absolute atomic E-state index is 12.0. The highest BCUT2D eigenvalue weighted by Gasteiger charge is 2.27. The molecule has 0 unspecified atom stereocenters. The summed E-state index contributed by atoms with van der Waals surface area (Å²) in [6.07, 6.45) is 3.54. The third-order valence-corrected chi connectivity index (χ3v) is 6.50. The third-order valence-electron chi connectivity index (χ3n) is 5.51. The number of ketones is 1. The molecular weight excluding hydrogens is 410 g/mol.